The van der Waals surface area contributed by atoms with Crippen LogP contribution in [0.15, 0.2) is 36.0 Å². The van der Waals surface area contributed by atoms with E-state index in [1.807, 2.05) is 24.6 Å². The minimum absolute atomic E-state index is 0.187. The molecule has 3 nitrogen and oxygen atoms in total. The first-order valence-electron chi connectivity index (χ1n) is 7.08. The lowest BCUT2D eigenvalue weighted by molar-refractivity contribution is 0.545. The van der Waals surface area contributed by atoms with Gasteiger partial charge in [0, 0.05) is 35.3 Å². The number of thiazole rings is 1. The summed E-state index contributed by atoms with van der Waals surface area (Å²) in [6.45, 7) is 5.06. The molecular weight excluding hydrogens is 302 g/mol. The van der Waals surface area contributed by atoms with Crippen molar-refractivity contribution in [2.75, 3.05) is 6.54 Å². The van der Waals surface area contributed by atoms with Crippen LogP contribution in [0.25, 0.3) is 4.96 Å². The highest BCUT2D eigenvalue weighted by atomic mass is 35.5. The largest absolute Gasteiger partial charge is 0.310 e. The van der Waals surface area contributed by atoms with Gasteiger partial charge in [0.25, 0.3) is 0 Å². The summed E-state index contributed by atoms with van der Waals surface area (Å²) < 4.78 is 2.07. The fraction of sp³-hybridized carbons (Fsp3) is 0.312. The van der Waals surface area contributed by atoms with Gasteiger partial charge in [-0.2, -0.15) is 0 Å². The maximum atomic E-state index is 6.48. The summed E-state index contributed by atoms with van der Waals surface area (Å²) in [5.74, 6) is 0. The molecule has 0 spiro atoms. The second kappa shape index (κ2) is 6.18. The Morgan fingerprint density at radius 2 is 2.29 bits per heavy atom. The van der Waals surface area contributed by atoms with E-state index in [-0.39, 0.29) is 6.04 Å². The van der Waals surface area contributed by atoms with Crippen LogP contribution in [0.3, 0.4) is 0 Å². The zero-order chi connectivity index (χ0) is 14.8. The highest BCUT2D eigenvalue weighted by molar-refractivity contribution is 7.15. The van der Waals surface area contributed by atoms with Gasteiger partial charge in [-0.3, -0.25) is 4.40 Å². The number of nitrogens with zero attached hydrogens (tertiary/aromatic N) is 2. The van der Waals surface area contributed by atoms with E-state index >= 15 is 0 Å². The Hall–Kier alpha value is -1.36. The number of rotatable bonds is 5. The van der Waals surface area contributed by atoms with E-state index in [0.29, 0.717) is 0 Å². The van der Waals surface area contributed by atoms with E-state index in [1.165, 1.54) is 0 Å². The van der Waals surface area contributed by atoms with Crippen LogP contribution in [-0.2, 0) is 6.42 Å². The molecular formula is C16H18ClN3S. The lowest BCUT2D eigenvalue weighted by Crippen LogP contribution is -2.23. The molecule has 0 saturated heterocycles. The first-order valence-corrected chi connectivity index (χ1v) is 8.34. The molecule has 0 saturated carbocycles. The van der Waals surface area contributed by atoms with Crippen LogP contribution in [0.4, 0.5) is 0 Å². The van der Waals surface area contributed by atoms with Gasteiger partial charge in [-0.1, -0.05) is 36.7 Å². The van der Waals surface area contributed by atoms with Gasteiger partial charge < -0.3 is 5.32 Å². The smallest absolute Gasteiger partial charge is 0.193 e. The van der Waals surface area contributed by atoms with Crippen LogP contribution in [0.1, 0.15) is 29.8 Å². The van der Waals surface area contributed by atoms with Gasteiger partial charge in [0.15, 0.2) is 4.96 Å². The highest BCUT2D eigenvalue weighted by Crippen LogP contribution is 2.28. The first kappa shape index (κ1) is 14.6. The standard InChI is InChI=1S/C16H18ClN3S/c1-3-18-14(13-6-4-5-11(2)15(13)17)9-12-10-20-7-8-21-16(20)19-12/h4-8,10,14,18H,3,9H2,1-2H3. The molecule has 1 N–H and O–H groups in total. The number of aryl methyl sites for hydroxylation is 1. The third-order valence-electron chi connectivity index (χ3n) is 3.60. The molecule has 1 unspecified atom stereocenters. The van der Waals surface area contributed by atoms with Crippen molar-refractivity contribution >= 4 is 27.9 Å². The van der Waals surface area contributed by atoms with E-state index in [9.17, 15) is 0 Å². The van der Waals surface area contributed by atoms with Crippen LogP contribution in [-0.4, -0.2) is 15.9 Å². The van der Waals surface area contributed by atoms with Crippen molar-refractivity contribution in [2.45, 2.75) is 26.3 Å². The maximum Gasteiger partial charge on any atom is 0.193 e. The number of nitrogens with one attached hydrogen (secondary N) is 1. The van der Waals surface area contributed by atoms with Crippen molar-refractivity contribution in [3.8, 4) is 0 Å². The van der Waals surface area contributed by atoms with E-state index in [2.05, 4.69) is 40.0 Å². The van der Waals surface area contributed by atoms with Gasteiger partial charge in [0.2, 0.25) is 0 Å². The zero-order valence-electron chi connectivity index (χ0n) is 12.1. The van der Waals surface area contributed by atoms with E-state index < -0.39 is 0 Å². The van der Waals surface area contributed by atoms with Crippen LogP contribution in [0.2, 0.25) is 5.02 Å². The summed E-state index contributed by atoms with van der Waals surface area (Å²) in [5.41, 5.74) is 3.35. The maximum absolute atomic E-state index is 6.48. The second-order valence-corrected chi connectivity index (χ2v) is 6.37. The first-order chi connectivity index (χ1) is 10.2. The Morgan fingerprint density at radius 1 is 1.43 bits per heavy atom. The molecule has 0 fully saturated rings. The lowest BCUT2D eigenvalue weighted by Gasteiger charge is -2.19. The summed E-state index contributed by atoms with van der Waals surface area (Å²) in [6.07, 6.45) is 4.98. The zero-order valence-corrected chi connectivity index (χ0v) is 13.7. The van der Waals surface area contributed by atoms with Crippen molar-refractivity contribution in [1.29, 1.82) is 0 Å². The van der Waals surface area contributed by atoms with Crippen molar-refractivity contribution in [3.05, 3.63) is 57.8 Å². The fourth-order valence-corrected chi connectivity index (χ4v) is 3.54. The number of imidazole rings is 1. The Balaban J connectivity index is 1.90. The molecule has 2 aromatic heterocycles. The third-order valence-corrected chi connectivity index (χ3v) is 4.89. The van der Waals surface area contributed by atoms with Crippen LogP contribution < -0.4 is 5.32 Å². The molecule has 0 radical (unpaired) electrons. The average molecular weight is 320 g/mol. The fourth-order valence-electron chi connectivity index (χ4n) is 2.56. The summed E-state index contributed by atoms with van der Waals surface area (Å²) >= 11 is 8.14. The monoisotopic (exact) mass is 319 g/mol. The SMILES string of the molecule is CCNC(Cc1cn2ccsc2n1)c1cccc(C)c1Cl. The number of hydrogen-bond donors (Lipinski definition) is 1. The number of aromatic nitrogens is 2. The summed E-state index contributed by atoms with van der Waals surface area (Å²) in [5, 5.41) is 6.42. The van der Waals surface area contributed by atoms with Gasteiger partial charge in [0.05, 0.1) is 5.69 Å². The molecule has 0 aliphatic rings. The molecule has 110 valence electrons. The van der Waals surface area contributed by atoms with Gasteiger partial charge in [0.1, 0.15) is 0 Å². The molecule has 3 aromatic rings. The molecule has 0 aliphatic heterocycles. The second-order valence-electron chi connectivity index (χ2n) is 5.12. The van der Waals surface area contributed by atoms with Crippen molar-refractivity contribution < 1.29 is 0 Å². The summed E-state index contributed by atoms with van der Waals surface area (Å²) in [7, 11) is 0. The minimum atomic E-state index is 0.187. The summed E-state index contributed by atoms with van der Waals surface area (Å²) in [4.78, 5) is 5.71. The van der Waals surface area contributed by atoms with Gasteiger partial charge in [-0.25, -0.2) is 4.98 Å². The molecule has 2 heterocycles. The third kappa shape index (κ3) is 2.98. The number of benzene rings is 1. The average Bonchev–Trinajstić information content (AvgIpc) is 3.02. The number of hydrogen-bond acceptors (Lipinski definition) is 3. The molecule has 1 aromatic carbocycles. The van der Waals surface area contributed by atoms with Crippen LogP contribution in [0.5, 0.6) is 0 Å². The van der Waals surface area contributed by atoms with Gasteiger partial charge in [-0.05, 0) is 24.6 Å². The Bertz CT molecular complexity index is 718. The topological polar surface area (TPSA) is 29.3 Å². The van der Waals surface area contributed by atoms with Crippen LogP contribution >= 0.6 is 22.9 Å². The Kier molecular flexibility index (Phi) is 4.29. The van der Waals surface area contributed by atoms with E-state index in [4.69, 9.17) is 11.6 Å². The van der Waals surface area contributed by atoms with Crippen molar-refractivity contribution in [2.24, 2.45) is 0 Å². The van der Waals surface area contributed by atoms with Crippen molar-refractivity contribution in [1.82, 2.24) is 14.7 Å². The lowest BCUT2D eigenvalue weighted by atomic mass is 10.00. The van der Waals surface area contributed by atoms with E-state index in [0.717, 1.165) is 39.8 Å². The molecule has 21 heavy (non-hydrogen) atoms. The van der Waals surface area contributed by atoms with E-state index in [1.54, 1.807) is 11.3 Å². The quantitative estimate of drug-likeness (QED) is 0.761. The Morgan fingerprint density at radius 3 is 3.05 bits per heavy atom. The molecule has 0 amide bonds. The molecule has 3 rings (SSSR count). The number of fused-ring (bicyclic) bond motifs is 1. The highest BCUT2D eigenvalue weighted by Gasteiger charge is 2.17. The minimum Gasteiger partial charge on any atom is -0.310 e. The predicted molar refractivity (Wildman–Crippen MR) is 89.4 cm³/mol. The predicted octanol–water partition coefficient (Wildman–Crippen LogP) is 4.25. The Labute approximate surface area is 133 Å². The molecule has 1 atom stereocenters. The summed E-state index contributed by atoms with van der Waals surface area (Å²) in [6, 6.07) is 6.39. The molecule has 5 heteroatoms. The number of halogens is 1. The van der Waals surface area contributed by atoms with Gasteiger partial charge >= 0.3 is 0 Å². The van der Waals surface area contributed by atoms with Gasteiger partial charge in [-0.15, -0.1) is 11.3 Å². The van der Waals surface area contributed by atoms with Crippen LogP contribution in [0, 0.1) is 6.92 Å². The number of likely N-dealkylation sites (N-methyl/N-ethyl adjacent to an activating group) is 1. The normalized spacial score (nSPS) is 12.9. The molecule has 0 aliphatic carbocycles. The van der Waals surface area contributed by atoms with Crippen molar-refractivity contribution in [3.63, 3.8) is 0 Å². The molecule has 0 bridgehead atoms.